The third-order valence-electron chi connectivity index (χ3n) is 3.16. The van der Waals surface area contributed by atoms with E-state index in [4.69, 9.17) is 0 Å². The van der Waals surface area contributed by atoms with E-state index in [-0.39, 0.29) is 11.7 Å². The van der Waals surface area contributed by atoms with Crippen LogP contribution in [0.4, 0.5) is 5.69 Å². The zero-order valence-corrected chi connectivity index (χ0v) is 13.3. The third kappa shape index (κ3) is 5.52. The minimum atomic E-state index is -0.207. The summed E-state index contributed by atoms with van der Waals surface area (Å²) in [6.07, 6.45) is 3.24. The van der Waals surface area contributed by atoms with E-state index in [0.29, 0.717) is 17.8 Å². The Morgan fingerprint density at radius 3 is 2.26 bits per heavy atom. The molecule has 0 aromatic heterocycles. The molecule has 2 aromatic rings. The average molecular weight is 308 g/mol. The molecule has 1 N–H and O–H groups in total. The number of rotatable bonds is 6. The van der Waals surface area contributed by atoms with Crippen molar-refractivity contribution in [2.75, 3.05) is 26.0 Å². The Bertz CT molecular complexity index is 689. The van der Waals surface area contributed by atoms with Crippen LogP contribution in [0.3, 0.4) is 0 Å². The van der Waals surface area contributed by atoms with Crippen LogP contribution in [-0.4, -0.2) is 37.2 Å². The minimum Gasteiger partial charge on any atom is -0.323 e. The number of hydrogen-bond acceptors (Lipinski definition) is 3. The second-order valence-corrected chi connectivity index (χ2v) is 5.47. The summed E-state index contributed by atoms with van der Waals surface area (Å²) in [6, 6.07) is 16.5. The molecular weight excluding hydrogens is 288 g/mol. The van der Waals surface area contributed by atoms with Crippen LogP contribution in [0.1, 0.15) is 15.9 Å². The van der Waals surface area contributed by atoms with E-state index in [1.807, 2.05) is 49.3 Å². The van der Waals surface area contributed by atoms with Crippen molar-refractivity contribution < 1.29 is 9.59 Å². The summed E-state index contributed by atoms with van der Waals surface area (Å²) in [5.41, 5.74) is 2.26. The molecule has 0 spiro atoms. The number of likely N-dealkylation sites (N-methyl/N-ethyl adjacent to an activating group) is 1. The van der Waals surface area contributed by atoms with E-state index in [0.717, 1.165) is 5.56 Å². The lowest BCUT2D eigenvalue weighted by Crippen LogP contribution is -2.21. The summed E-state index contributed by atoms with van der Waals surface area (Å²) < 4.78 is 0. The predicted molar refractivity (Wildman–Crippen MR) is 93.4 cm³/mol. The number of anilines is 1. The molecule has 1 amide bonds. The van der Waals surface area contributed by atoms with Gasteiger partial charge in [0, 0.05) is 17.3 Å². The molecule has 0 aliphatic heterocycles. The highest BCUT2D eigenvalue weighted by molar-refractivity contribution is 6.02. The zero-order chi connectivity index (χ0) is 16.7. The predicted octanol–water partition coefficient (Wildman–Crippen LogP) is 3.08. The van der Waals surface area contributed by atoms with E-state index in [9.17, 15) is 9.59 Å². The van der Waals surface area contributed by atoms with Gasteiger partial charge in [-0.2, -0.15) is 0 Å². The standard InChI is InChI=1S/C19H20N2O2/c1-21(2)14-18(22)16-9-11-17(12-10-16)20-19(23)13-8-15-6-4-3-5-7-15/h3-13H,14H2,1-2H3,(H,20,23)/b13-8+. The topological polar surface area (TPSA) is 49.4 Å². The normalized spacial score (nSPS) is 10.9. The SMILES string of the molecule is CN(C)CC(=O)c1ccc(NC(=O)/C=C/c2ccccc2)cc1. The van der Waals surface area contributed by atoms with Crippen LogP contribution in [0.25, 0.3) is 6.08 Å². The second kappa shape index (κ2) is 8.06. The van der Waals surface area contributed by atoms with Gasteiger partial charge >= 0.3 is 0 Å². The lowest BCUT2D eigenvalue weighted by molar-refractivity contribution is -0.111. The van der Waals surface area contributed by atoms with Crippen molar-refractivity contribution in [3.05, 3.63) is 71.8 Å². The summed E-state index contributed by atoms with van der Waals surface area (Å²) in [6.45, 7) is 0.367. The number of hydrogen-bond donors (Lipinski definition) is 1. The van der Waals surface area contributed by atoms with Gasteiger partial charge in [-0.1, -0.05) is 30.3 Å². The number of amides is 1. The van der Waals surface area contributed by atoms with Gasteiger partial charge in [0.2, 0.25) is 5.91 Å². The molecule has 0 bridgehead atoms. The van der Waals surface area contributed by atoms with E-state index in [1.54, 1.807) is 30.3 Å². The first-order valence-corrected chi connectivity index (χ1v) is 7.37. The largest absolute Gasteiger partial charge is 0.323 e. The molecule has 0 unspecified atom stereocenters. The molecule has 0 radical (unpaired) electrons. The van der Waals surface area contributed by atoms with Gasteiger partial charge in [-0.3, -0.25) is 9.59 Å². The molecule has 23 heavy (non-hydrogen) atoms. The van der Waals surface area contributed by atoms with Crippen molar-refractivity contribution in [1.82, 2.24) is 4.90 Å². The first-order valence-electron chi connectivity index (χ1n) is 7.37. The van der Waals surface area contributed by atoms with Crippen molar-refractivity contribution in [3.63, 3.8) is 0 Å². The first kappa shape index (κ1) is 16.6. The minimum absolute atomic E-state index is 0.0526. The Balaban J connectivity index is 1.94. The fourth-order valence-corrected chi connectivity index (χ4v) is 2.04. The maximum Gasteiger partial charge on any atom is 0.248 e. The number of benzene rings is 2. The van der Waals surface area contributed by atoms with Crippen molar-refractivity contribution in [2.45, 2.75) is 0 Å². The average Bonchev–Trinajstić information content (AvgIpc) is 2.54. The Morgan fingerprint density at radius 1 is 1.00 bits per heavy atom. The third-order valence-corrected chi connectivity index (χ3v) is 3.16. The summed E-state index contributed by atoms with van der Waals surface area (Å²) in [7, 11) is 3.71. The van der Waals surface area contributed by atoms with E-state index in [1.165, 1.54) is 6.08 Å². The van der Waals surface area contributed by atoms with E-state index >= 15 is 0 Å². The quantitative estimate of drug-likeness (QED) is 0.659. The fourth-order valence-electron chi connectivity index (χ4n) is 2.04. The number of Topliss-reactive ketones (excluding diaryl/α,β-unsaturated/α-hetero) is 1. The van der Waals surface area contributed by atoms with Gasteiger partial charge in [-0.25, -0.2) is 0 Å². The highest BCUT2D eigenvalue weighted by Gasteiger charge is 2.07. The number of nitrogens with one attached hydrogen (secondary N) is 1. The molecule has 4 nitrogen and oxygen atoms in total. The highest BCUT2D eigenvalue weighted by Crippen LogP contribution is 2.11. The number of carbonyl (C=O) groups is 2. The Kier molecular flexibility index (Phi) is 5.83. The van der Waals surface area contributed by atoms with Gasteiger partial charge in [0.05, 0.1) is 6.54 Å². The van der Waals surface area contributed by atoms with Crippen molar-refractivity contribution >= 4 is 23.5 Å². The Hall–Kier alpha value is -2.72. The van der Waals surface area contributed by atoms with Gasteiger partial charge in [0.1, 0.15) is 0 Å². The van der Waals surface area contributed by atoms with Crippen LogP contribution in [0.15, 0.2) is 60.7 Å². The molecule has 0 aliphatic carbocycles. The van der Waals surface area contributed by atoms with Gasteiger partial charge in [-0.15, -0.1) is 0 Å². The van der Waals surface area contributed by atoms with Crippen LogP contribution in [0.5, 0.6) is 0 Å². The van der Waals surface area contributed by atoms with Gasteiger partial charge < -0.3 is 10.2 Å². The van der Waals surface area contributed by atoms with Crippen molar-refractivity contribution in [3.8, 4) is 0 Å². The lowest BCUT2D eigenvalue weighted by atomic mass is 10.1. The maximum absolute atomic E-state index is 11.9. The molecule has 0 fully saturated rings. The molecule has 2 aromatic carbocycles. The van der Waals surface area contributed by atoms with Crippen LogP contribution >= 0.6 is 0 Å². The summed E-state index contributed by atoms with van der Waals surface area (Å²) in [5, 5.41) is 2.77. The summed E-state index contributed by atoms with van der Waals surface area (Å²) in [4.78, 5) is 25.6. The maximum atomic E-state index is 11.9. The van der Waals surface area contributed by atoms with Crippen molar-refractivity contribution in [2.24, 2.45) is 0 Å². The molecule has 4 heteroatoms. The zero-order valence-electron chi connectivity index (χ0n) is 13.3. The molecule has 0 heterocycles. The van der Waals surface area contributed by atoms with Crippen LogP contribution in [0.2, 0.25) is 0 Å². The number of nitrogens with zero attached hydrogens (tertiary/aromatic N) is 1. The molecule has 118 valence electrons. The van der Waals surface area contributed by atoms with Crippen LogP contribution < -0.4 is 5.32 Å². The molecule has 0 aliphatic rings. The lowest BCUT2D eigenvalue weighted by Gasteiger charge is -2.09. The first-order chi connectivity index (χ1) is 11.0. The highest BCUT2D eigenvalue weighted by atomic mass is 16.1. The summed E-state index contributed by atoms with van der Waals surface area (Å²) in [5.74, 6) is -0.155. The Morgan fingerprint density at radius 2 is 1.65 bits per heavy atom. The van der Waals surface area contributed by atoms with Crippen LogP contribution in [-0.2, 0) is 4.79 Å². The molecule has 0 saturated carbocycles. The van der Waals surface area contributed by atoms with Crippen molar-refractivity contribution in [1.29, 1.82) is 0 Å². The van der Waals surface area contributed by atoms with Crippen LogP contribution in [0, 0.1) is 0 Å². The second-order valence-electron chi connectivity index (χ2n) is 5.47. The van der Waals surface area contributed by atoms with Gasteiger partial charge in [-0.05, 0) is 50.0 Å². The Labute approximate surface area is 136 Å². The number of ketones is 1. The molecule has 0 saturated heterocycles. The summed E-state index contributed by atoms with van der Waals surface area (Å²) >= 11 is 0. The van der Waals surface area contributed by atoms with Gasteiger partial charge in [0.25, 0.3) is 0 Å². The molecule has 0 atom stereocenters. The molecule has 2 rings (SSSR count). The molecular formula is C19H20N2O2. The fraction of sp³-hybridized carbons (Fsp3) is 0.158. The monoisotopic (exact) mass is 308 g/mol. The number of carbonyl (C=O) groups excluding carboxylic acids is 2. The smallest absolute Gasteiger partial charge is 0.248 e. The van der Waals surface area contributed by atoms with E-state index < -0.39 is 0 Å². The van der Waals surface area contributed by atoms with E-state index in [2.05, 4.69) is 5.32 Å². The van der Waals surface area contributed by atoms with Gasteiger partial charge in [0.15, 0.2) is 5.78 Å².